The van der Waals surface area contributed by atoms with Crippen LogP contribution in [0.4, 0.5) is 0 Å². The Morgan fingerprint density at radius 1 is 1.55 bits per heavy atom. The van der Waals surface area contributed by atoms with Crippen LogP contribution in [0.2, 0.25) is 0 Å². The first kappa shape index (κ1) is 13.6. The molecule has 1 N–H and O–H groups in total. The summed E-state index contributed by atoms with van der Waals surface area (Å²) in [6.07, 6.45) is 1.14. The molecule has 0 unspecified atom stereocenters. The topological polar surface area (TPSA) is 64.2 Å². The zero-order valence-electron chi connectivity index (χ0n) is 12.5. The molecular formula is C15H22N2O3. The maximum atomic E-state index is 12.2. The number of nitrogens with zero attached hydrogens (tertiary/aromatic N) is 1. The first-order valence-corrected chi connectivity index (χ1v) is 7.29. The molecule has 1 aliphatic heterocycles. The van der Waals surface area contributed by atoms with Crippen LogP contribution in [0, 0.1) is 11.3 Å². The zero-order chi connectivity index (χ0) is 14.5. The molecule has 3 rings (SSSR count). The van der Waals surface area contributed by atoms with Crippen molar-refractivity contribution in [1.29, 1.82) is 0 Å². The van der Waals surface area contributed by atoms with E-state index in [9.17, 15) is 4.79 Å². The molecule has 0 amide bonds. The van der Waals surface area contributed by atoms with Gasteiger partial charge in [-0.05, 0) is 18.4 Å². The van der Waals surface area contributed by atoms with Crippen LogP contribution in [0.1, 0.15) is 56.2 Å². The number of hydrogen-bond donors (Lipinski definition) is 1. The molecular weight excluding hydrogens is 256 g/mol. The van der Waals surface area contributed by atoms with Crippen molar-refractivity contribution in [1.82, 2.24) is 10.2 Å². The lowest BCUT2D eigenvalue weighted by Gasteiger charge is -2.52. The minimum atomic E-state index is -0.337. The molecule has 20 heavy (non-hydrogen) atoms. The highest BCUT2D eigenvalue weighted by molar-refractivity contribution is 5.87. The second-order valence-electron chi connectivity index (χ2n) is 6.75. The summed E-state index contributed by atoms with van der Waals surface area (Å²) in [5.41, 5.74) is 1.22. The standard InChI is InChI=1S/C15H22N2O3/c1-8(2)10-7-11(17-16-10)14(18)20-13-9-5-6-19-12(9)15(13,3)4/h7-9,12-13H,5-6H2,1-4H3,(H,16,17)/t9-,12-,13-/m1/s1. The van der Waals surface area contributed by atoms with Crippen LogP contribution in [0.3, 0.4) is 0 Å². The molecule has 5 nitrogen and oxygen atoms in total. The number of carbonyl (C=O) groups is 1. The molecule has 3 atom stereocenters. The second kappa shape index (κ2) is 4.58. The van der Waals surface area contributed by atoms with E-state index in [0.717, 1.165) is 18.7 Å². The first-order valence-electron chi connectivity index (χ1n) is 7.29. The minimum absolute atomic E-state index is 0.0679. The van der Waals surface area contributed by atoms with Gasteiger partial charge in [0.1, 0.15) is 6.10 Å². The summed E-state index contributed by atoms with van der Waals surface area (Å²) >= 11 is 0. The van der Waals surface area contributed by atoms with Crippen molar-refractivity contribution in [3.05, 3.63) is 17.5 Å². The van der Waals surface area contributed by atoms with Crippen LogP contribution in [-0.2, 0) is 9.47 Å². The van der Waals surface area contributed by atoms with E-state index in [4.69, 9.17) is 9.47 Å². The molecule has 5 heteroatoms. The van der Waals surface area contributed by atoms with Crippen LogP contribution in [0.5, 0.6) is 0 Å². The van der Waals surface area contributed by atoms with Gasteiger partial charge in [0.15, 0.2) is 5.69 Å². The predicted molar refractivity (Wildman–Crippen MR) is 73.5 cm³/mol. The Labute approximate surface area is 119 Å². The van der Waals surface area contributed by atoms with Gasteiger partial charge in [0.25, 0.3) is 0 Å². The second-order valence-corrected chi connectivity index (χ2v) is 6.75. The van der Waals surface area contributed by atoms with E-state index in [-0.39, 0.29) is 23.6 Å². The Morgan fingerprint density at radius 2 is 2.30 bits per heavy atom. The highest BCUT2D eigenvalue weighted by Crippen LogP contribution is 2.53. The summed E-state index contributed by atoms with van der Waals surface area (Å²) in [6.45, 7) is 9.08. The van der Waals surface area contributed by atoms with E-state index >= 15 is 0 Å². The van der Waals surface area contributed by atoms with E-state index in [2.05, 4.69) is 37.9 Å². The van der Waals surface area contributed by atoms with Gasteiger partial charge in [0, 0.05) is 23.6 Å². The van der Waals surface area contributed by atoms with Gasteiger partial charge < -0.3 is 9.47 Å². The molecule has 2 heterocycles. The minimum Gasteiger partial charge on any atom is -0.457 e. The maximum absolute atomic E-state index is 12.2. The quantitative estimate of drug-likeness (QED) is 0.863. The largest absolute Gasteiger partial charge is 0.457 e. The fourth-order valence-corrected chi connectivity index (χ4v) is 3.43. The summed E-state index contributed by atoms with van der Waals surface area (Å²) in [7, 11) is 0. The third-order valence-corrected chi connectivity index (χ3v) is 4.66. The fourth-order valence-electron chi connectivity index (χ4n) is 3.43. The lowest BCUT2D eigenvalue weighted by molar-refractivity contribution is -0.183. The molecule has 110 valence electrons. The predicted octanol–water partition coefficient (Wildman–Crippen LogP) is 2.50. The summed E-state index contributed by atoms with van der Waals surface area (Å²) in [6, 6.07) is 1.78. The zero-order valence-corrected chi connectivity index (χ0v) is 12.5. The number of aromatic amines is 1. The van der Waals surface area contributed by atoms with Gasteiger partial charge in [0.05, 0.1) is 6.10 Å². The summed E-state index contributed by atoms with van der Waals surface area (Å²) < 4.78 is 11.4. The Morgan fingerprint density at radius 3 is 2.95 bits per heavy atom. The van der Waals surface area contributed by atoms with Crippen molar-refractivity contribution in [2.24, 2.45) is 11.3 Å². The number of ether oxygens (including phenoxy) is 2. The molecule has 1 aromatic heterocycles. The lowest BCUT2D eigenvalue weighted by Crippen LogP contribution is -2.61. The van der Waals surface area contributed by atoms with E-state index < -0.39 is 0 Å². The third kappa shape index (κ3) is 1.95. The van der Waals surface area contributed by atoms with Gasteiger partial charge in [-0.1, -0.05) is 27.7 Å². The number of esters is 1. The molecule has 0 radical (unpaired) electrons. The molecule has 0 bridgehead atoms. The molecule has 2 fully saturated rings. The van der Waals surface area contributed by atoms with Gasteiger partial charge >= 0.3 is 5.97 Å². The molecule has 2 aliphatic rings. The number of fused-ring (bicyclic) bond motifs is 1. The number of carbonyl (C=O) groups excluding carboxylic acids is 1. The monoisotopic (exact) mass is 278 g/mol. The van der Waals surface area contributed by atoms with Crippen LogP contribution in [0.25, 0.3) is 0 Å². The summed E-state index contributed by atoms with van der Waals surface area (Å²) in [5, 5.41) is 6.94. The van der Waals surface area contributed by atoms with Crippen molar-refractivity contribution < 1.29 is 14.3 Å². The van der Waals surface area contributed by atoms with Crippen LogP contribution in [-0.4, -0.2) is 35.0 Å². The van der Waals surface area contributed by atoms with E-state index in [1.165, 1.54) is 0 Å². The highest BCUT2D eigenvalue weighted by Gasteiger charge is 2.61. The number of hydrogen-bond acceptors (Lipinski definition) is 4. The maximum Gasteiger partial charge on any atom is 0.359 e. The van der Waals surface area contributed by atoms with Crippen LogP contribution < -0.4 is 0 Å². The summed E-state index contributed by atoms with van der Waals surface area (Å²) in [4.78, 5) is 12.2. The molecule has 0 spiro atoms. The normalized spacial score (nSPS) is 30.9. The Bertz CT molecular complexity index is 521. The van der Waals surface area contributed by atoms with E-state index in [0.29, 0.717) is 17.5 Å². The molecule has 0 aromatic carbocycles. The Hall–Kier alpha value is -1.36. The summed E-state index contributed by atoms with van der Waals surface area (Å²) in [5.74, 6) is 0.325. The van der Waals surface area contributed by atoms with E-state index in [1.807, 2.05) is 0 Å². The molecule has 1 aromatic rings. The van der Waals surface area contributed by atoms with Gasteiger partial charge in [-0.15, -0.1) is 0 Å². The number of rotatable bonds is 3. The Kier molecular flexibility index (Phi) is 3.12. The van der Waals surface area contributed by atoms with Crippen LogP contribution >= 0.6 is 0 Å². The van der Waals surface area contributed by atoms with Crippen molar-refractivity contribution >= 4 is 5.97 Å². The number of aromatic nitrogens is 2. The first-order chi connectivity index (χ1) is 9.41. The van der Waals surface area contributed by atoms with Crippen molar-refractivity contribution in [3.8, 4) is 0 Å². The van der Waals surface area contributed by atoms with Crippen molar-refractivity contribution in [2.75, 3.05) is 6.61 Å². The number of nitrogens with one attached hydrogen (secondary N) is 1. The third-order valence-electron chi connectivity index (χ3n) is 4.66. The van der Waals surface area contributed by atoms with Gasteiger partial charge in [-0.3, -0.25) is 5.10 Å². The molecule has 1 saturated heterocycles. The van der Waals surface area contributed by atoms with Crippen molar-refractivity contribution in [2.45, 2.75) is 52.2 Å². The smallest absolute Gasteiger partial charge is 0.359 e. The lowest BCUT2D eigenvalue weighted by atomic mass is 9.59. The molecule has 1 saturated carbocycles. The van der Waals surface area contributed by atoms with E-state index in [1.54, 1.807) is 6.07 Å². The Balaban J connectivity index is 1.69. The van der Waals surface area contributed by atoms with Gasteiger partial charge in [-0.2, -0.15) is 5.10 Å². The van der Waals surface area contributed by atoms with Crippen molar-refractivity contribution in [3.63, 3.8) is 0 Å². The average Bonchev–Trinajstić information content (AvgIpc) is 3.03. The fraction of sp³-hybridized carbons (Fsp3) is 0.733. The highest BCUT2D eigenvalue weighted by atomic mass is 16.6. The SMILES string of the molecule is CC(C)c1cc(C(=O)O[C@@H]2[C@@H]3CCO[C@H]3C2(C)C)n[nH]1. The van der Waals surface area contributed by atoms with Gasteiger partial charge in [-0.25, -0.2) is 4.79 Å². The molecule has 1 aliphatic carbocycles. The van der Waals surface area contributed by atoms with Crippen LogP contribution in [0.15, 0.2) is 6.07 Å². The number of H-pyrrole nitrogens is 1. The van der Waals surface area contributed by atoms with Gasteiger partial charge in [0.2, 0.25) is 0 Å². The average molecular weight is 278 g/mol.